The van der Waals surface area contributed by atoms with E-state index in [0.29, 0.717) is 23.2 Å². The number of rotatable bonds is 2. The number of amides is 1. The van der Waals surface area contributed by atoms with Crippen molar-refractivity contribution in [3.8, 4) is 0 Å². The van der Waals surface area contributed by atoms with Crippen LogP contribution < -0.4 is 10.9 Å². The van der Waals surface area contributed by atoms with E-state index in [-0.39, 0.29) is 11.3 Å². The van der Waals surface area contributed by atoms with Gasteiger partial charge in [-0.15, -0.1) is 0 Å². The summed E-state index contributed by atoms with van der Waals surface area (Å²) in [4.78, 5) is 28.7. The zero-order chi connectivity index (χ0) is 19.1. The highest BCUT2D eigenvalue weighted by atomic mass is 19.4. The second-order valence-corrected chi connectivity index (χ2v) is 5.48. The summed E-state index contributed by atoms with van der Waals surface area (Å²) < 4.78 is 52.8. The molecule has 0 aliphatic rings. The number of benzene rings is 1. The van der Waals surface area contributed by atoms with Crippen LogP contribution in [0.3, 0.4) is 0 Å². The van der Waals surface area contributed by atoms with Crippen LogP contribution in [0.2, 0.25) is 0 Å². The molecule has 2 aromatic heterocycles. The Bertz CT molecular complexity index is 1070. The smallest absolute Gasteiger partial charge is 0.322 e. The van der Waals surface area contributed by atoms with Gasteiger partial charge in [0.1, 0.15) is 17.0 Å². The molecular weight excluding hydrogens is 354 g/mol. The van der Waals surface area contributed by atoms with Crippen molar-refractivity contribution in [1.82, 2.24) is 9.55 Å². The van der Waals surface area contributed by atoms with Crippen LogP contribution in [-0.4, -0.2) is 15.5 Å². The number of hydrogen-bond donors (Lipinski definition) is 1. The molecule has 0 aliphatic carbocycles. The van der Waals surface area contributed by atoms with Gasteiger partial charge in [-0.2, -0.15) is 13.2 Å². The Hall–Kier alpha value is -3.23. The number of nitrogens with one attached hydrogen (secondary N) is 1. The first kappa shape index (κ1) is 17.6. The van der Waals surface area contributed by atoms with Crippen LogP contribution in [0.25, 0.3) is 11.0 Å². The average Bonchev–Trinajstić information content (AvgIpc) is 2.58. The molecule has 0 saturated heterocycles. The normalized spacial score (nSPS) is 11.6. The van der Waals surface area contributed by atoms with E-state index in [1.807, 2.05) is 0 Å². The molecule has 0 atom stereocenters. The van der Waals surface area contributed by atoms with E-state index in [2.05, 4.69) is 10.3 Å². The molecule has 0 fully saturated rings. The number of carbonyl (C=O) groups is 1. The lowest BCUT2D eigenvalue weighted by Gasteiger charge is -2.12. The Labute approximate surface area is 143 Å². The maximum absolute atomic E-state index is 13.3. The molecule has 5 nitrogen and oxygen atoms in total. The summed E-state index contributed by atoms with van der Waals surface area (Å²) in [5.74, 6) is -2.36. The van der Waals surface area contributed by atoms with Gasteiger partial charge in [-0.05, 0) is 36.4 Å². The average molecular weight is 365 g/mol. The van der Waals surface area contributed by atoms with Crippen molar-refractivity contribution in [2.75, 3.05) is 5.32 Å². The van der Waals surface area contributed by atoms with Gasteiger partial charge in [-0.3, -0.25) is 14.2 Å². The van der Waals surface area contributed by atoms with E-state index in [0.717, 1.165) is 10.6 Å². The quantitative estimate of drug-likeness (QED) is 0.709. The van der Waals surface area contributed by atoms with Crippen molar-refractivity contribution in [3.05, 3.63) is 69.9 Å². The van der Waals surface area contributed by atoms with Crippen LogP contribution in [0, 0.1) is 5.82 Å². The number of halogens is 4. The number of aryl methyl sites for hydroxylation is 1. The fraction of sp³-hybridized carbons (Fsp3) is 0.118. The minimum atomic E-state index is -4.91. The zero-order valence-electron chi connectivity index (χ0n) is 13.3. The Balaban J connectivity index is 2.00. The molecule has 1 amide bonds. The highest BCUT2D eigenvalue weighted by Crippen LogP contribution is 2.33. The third-order valence-corrected chi connectivity index (χ3v) is 3.74. The Morgan fingerprint density at radius 3 is 2.62 bits per heavy atom. The number of alkyl halides is 3. The van der Waals surface area contributed by atoms with Gasteiger partial charge in [-0.25, -0.2) is 9.37 Å². The fourth-order valence-corrected chi connectivity index (χ4v) is 2.48. The summed E-state index contributed by atoms with van der Waals surface area (Å²) >= 11 is 0. The van der Waals surface area contributed by atoms with Crippen LogP contribution in [0.4, 0.5) is 23.2 Å². The van der Waals surface area contributed by atoms with Crippen molar-refractivity contribution in [3.63, 3.8) is 0 Å². The lowest BCUT2D eigenvalue weighted by molar-refractivity contribution is -0.139. The lowest BCUT2D eigenvalue weighted by atomic mass is 10.1. The van der Waals surface area contributed by atoms with Gasteiger partial charge in [0.05, 0.1) is 5.56 Å². The number of anilines is 1. The van der Waals surface area contributed by atoms with Crippen molar-refractivity contribution in [2.45, 2.75) is 6.18 Å². The van der Waals surface area contributed by atoms with Gasteiger partial charge in [-0.1, -0.05) is 0 Å². The topological polar surface area (TPSA) is 64.0 Å². The Morgan fingerprint density at radius 2 is 1.92 bits per heavy atom. The minimum Gasteiger partial charge on any atom is -0.322 e. The first-order valence-electron chi connectivity index (χ1n) is 7.31. The summed E-state index contributed by atoms with van der Waals surface area (Å²) in [5, 5.41) is 2.70. The van der Waals surface area contributed by atoms with Crippen molar-refractivity contribution < 1.29 is 22.4 Å². The second kappa shape index (κ2) is 6.25. The first-order valence-corrected chi connectivity index (χ1v) is 7.31. The molecule has 0 spiro atoms. The van der Waals surface area contributed by atoms with Crippen LogP contribution >= 0.6 is 0 Å². The summed E-state index contributed by atoms with van der Waals surface area (Å²) in [6.45, 7) is 0. The Morgan fingerprint density at radius 1 is 1.19 bits per heavy atom. The number of pyridine rings is 2. The maximum Gasteiger partial charge on any atom is 0.419 e. The maximum atomic E-state index is 13.3. The van der Waals surface area contributed by atoms with Crippen LogP contribution in [0.5, 0.6) is 0 Å². The molecule has 3 rings (SSSR count). The predicted molar refractivity (Wildman–Crippen MR) is 86.3 cm³/mol. The Kier molecular flexibility index (Phi) is 4.23. The van der Waals surface area contributed by atoms with Gasteiger partial charge >= 0.3 is 6.18 Å². The third-order valence-electron chi connectivity index (χ3n) is 3.74. The SMILES string of the molecule is Cn1c(=O)c(C(=O)Nc2ccc(F)c(C(F)(F)F)c2)cc2cccnc21. The van der Waals surface area contributed by atoms with Gasteiger partial charge in [0.25, 0.3) is 11.5 Å². The molecule has 1 aromatic carbocycles. The van der Waals surface area contributed by atoms with E-state index < -0.39 is 29.0 Å². The van der Waals surface area contributed by atoms with E-state index in [4.69, 9.17) is 0 Å². The van der Waals surface area contributed by atoms with E-state index >= 15 is 0 Å². The van der Waals surface area contributed by atoms with E-state index in [1.54, 1.807) is 12.1 Å². The number of carbonyl (C=O) groups excluding carboxylic acids is 1. The monoisotopic (exact) mass is 365 g/mol. The van der Waals surface area contributed by atoms with Crippen molar-refractivity contribution in [1.29, 1.82) is 0 Å². The molecule has 1 N–H and O–H groups in total. The number of nitrogens with zero attached hydrogens (tertiary/aromatic N) is 2. The summed E-state index contributed by atoms with van der Waals surface area (Å²) in [7, 11) is 1.42. The fourth-order valence-electron chi connectivity index (χ4n) is 2.48. The number of hydrogen-bond acceptors (Lipinski definition) is 3. The van der Waals surface area contributed by atoms with Gasteiger partial charge in [0.15, 0.2) is 0 Å². The molecule has 0 radical (unpaired) electrons. The number of fused-ring (bicyclic) bond motifs is 1. The third kappa shape index (κ3) is 3.15. The van der Waals surface area contributed by atoms with Gasteiger partial charge < -0.3 is 5.32 Å². The highest BCUT2D eigenvalue weighted by molar-refractivity contribution is 6.05. The van der Waals surface area contributed by atoms with Crippen LogP contribution in [0.15, 0.2) is 47.4 Å². The van der Waals surface area contributed by atoms with Gasteiger partial charge in [0, 0.05) is 24.3 Å². The lowest BCUT2D eigenvalue weighted by Crippen LogP contribution is -2.28. The van der Waals surface area contributed by atoms with Crippen LogP contribution in [-0.2, 0) is 13.2 Å². The molecule has 0 aliphatic heterocycles. The predicted octanol–water partition coefficient (Wildman–Crippen LogP) is 3.34. The molecule has 9 heteroatoms. The largest absolute Gasteiger partial charge is 0.419 e. The molecule has 0 saturated carbocycles. The molecule has 0 bridgehead atoms. The van der Waals surface area contributed by atoms with E-state index in [1.165, 1.54) is 19.3 Å². The molecule has 0 unspecified atom stereocenters. The van der Waals surface area contributed by atoms with Crippen LogP contribution in [0.1, 0.15) is 15.9 Å². The molecule has 2 heterocycles. The summed E-state index contributed by atoms with van der Waals surface area (Å²) in [5.41, 5.74) is -2.36. The summed E-state index contributed by atoms with van der Waals surface area (Å²) in [6.07, 6.45) is -3.42. The standard InChI is InChI=1S/C17H11F4N3O2/c1-24-14-9(3-2-6-22-14)7-11(16(24)26)15(25)23-10-4-5-13(18)12(8-10)17(19,20)21/h2-8H,1H3,(H,23,25). The zero-order valence-corrected chi connectivity index (χ0v) is 13.3. The second-order valence-electron chi connectivity index (χ2n) is 5.48. The molecule has 26 heavy (non-hydrogen) atoms. The molecule has 134 valence electrons. The van der Waals surface area contributed by atoms with Crippen molar-refractivity contribution in [2.24, 2.45) is 7.05 Å². The summed E-state index contributed by atoms with van der Waals surface area (Å²) in [6, 6.07) is 6.60. The first-order chi connectivity index (χ1) is 12.2. The van der Waals surface area contributed by atoms with Gasteiger partial charge in [0.2, 0.25) is 0 Å². The minimum absolute atomic E-state index is 0.272. The van der Waals surface area contributed by atoms with Crippen molar-refractivity contribution >= 4 is 22.6 Å². The van der Waals surface area contributed by atoms with E-state index in [9.17, 15) is 27.2 Å². The molecule has 3 aromatic rings. The highest BCUT2D eigenvalue weighted by Gasteiger charge is 2.34. The number of aromatic nitrogens is 2. The molecular formula is C17H11F4N3O2.